The molecule has 3 rings (SSSR count). The molecule has 0 bridgehead atoms. The van der Waals surface area contributed by atoms with E-state index in [1.54, 1.807) is 31.5 Å². The number of fused-ring (bicyclic) bond motifs is 1. The molecule has 0 aliphatic heterocycles. The van der Waals surface area contributed by atoms with E-state index in [-0.39, 0.29) is 0 Å². The summed E-state index contributed by atoms with van der Waals surface area (Å²) in [6, 6.07) is 10.6. The zero-order chi connectivity index (χ0) is 14.8. The third-order valence-corrected chi connectivity index (χ3v) is 3.41. The fraction of sp³-hybridized carbons (Fsp3) is 0.125. The number of rotatable bonds is 4. The summed E-state index contributed by atoms with van der Waals surface area (Å²) in [6.07, 6.45) is 1.50. The van der Waals surface area contributed by atoms with Crippen molar-refractivity contribution in [1.82, 2.24) is 9.97 Å². The second kappa shape index (κ2) is 5.38. The van der Waals surface area contributed by atoms with Crippen LogP contribution in [0.5, 0.6) is 5.75 Å². The van der Waals surface area contributed by atoms with E-state index in [4.69, 9.17) is 4.74 Å². The van der Waals surface area contributed by atoms with Crippen molar-refractivity contribution in [2.24, 2.45) is 0 Å². The molecule has 106 valence electrons. The van der Waals surface area contributed by atoms with Crippen LogP contribution in [0.2, 0.25) is 0 Å². The summed E-state index contributed by atoms with van der Waals surface area (Å²) in [6.45, 7) is 0. The molecule has 0 amide bonds. The lowest BCUT2D eigenvalue weighted by Gasteiger charge is -2.10. The van der Waals surface area contributed by atoms with E-state index in [2.05, 4.69) is 9.97 Å². The molecule has 2 aromatic heterocycles. The minimum absolute atomic E-state index is 0.518. The molecular formula is C16H14N2O3. The number of aromatic nitrogens is 2. The number of aldehydes is 1. The van der Waals surface area contributed by atoms with Crippen molar-refractivity contribution in [3.05, 3.63) is 59.4 Å². The Bertz CT molecular complexity index is 795. The van der Waals surface area contributed by atoms with Crippen LogP contribution in [0, 0.1) is 0 Å². The normalized spacial score (nSPS) is 12.3. The first kappa shape index (κ1) is 13.3. The molecule has 2 heterocycles. The number of aliphatic hydroxyl groups is 1. The number of benzene rings is 1. The number of hydrogen-bond donors (Lipinski definition) is 2. The number of H-pyrrole nitrogens is 1. The van der Waals surface area contributed by atoms with Crippen LogP contribution < -0.4 is 4.74 Å². The van der Waals surface area contributed by atoms with Gasteiger partial charge in [-0.1, -0.05) is 12.1 Å². The van der Waals surface area contributed by atoms with Gasteiger partial charge in [0.05, 0.1) is 23.8 Å². The van der Waals surface area contributed by atoms with Gasteiger partial charge in [0, 0.05) is 11.8 Å². The van der Waals surface area contributed by atoms with Crippen LogP contribution in [0.4, 0.5) is 0 Å². The molecule has 0 fully saturated rings. The minimum atomic E-state index is -0.839. The predicted molar refractivity (Wildman–Crippen MR) is 78.5 cm³/mol. The van der Waals surface area contributed by atoms with Crippen molar-refractivity contribution in [3.8, 4) is 5.75 Å². The summed E-state index contributed by atoms with van der Waals surface area (Å²) >= 11 is 0. The van der Waals surface area contributed by atoms with E-state index in [1.165, 1.54) is 0 Å². The van der Waals surface area contributed by atoms with Crippen LogP contribution in [0.25, 0.3) is 11.0 Å². The smallest absolute Gasteiger partial charge is 0.152 e. The minimum Gasteiger partial charge on any atom is -0.497 e. The van der Waals surface area contributed by atoms with Crippen LogP contribution in [-0.2, 0) is 0 Å². The standard InChI is InChI=1S/C16H14N2O3/c1-21-12-4-2-3-10(7-12)16(20)14-8-13-15(18-14)11(9-19)5-6-17-13/h2-9,16,18,20H,1H3. The molecule has 0 spiro atoms. The molecule has 0 aliphatic rings. The lowest BCUT2D eigenvalue weighted by molar-refractivity contribution is 0.112. The first-order chi connectivity index (χ1) is 10.2. The number of nitrogens with one attached hydrogen (secondary N) is 1. The Hall–Kier alpha value is -2.66. The second-order valence-corrected chi connectivity index (χ2v) is 4.68. The number of aliphatic hydroxyl groups excluding tert-OH is 1. The average Bonchev–Trinajstić information content (AvgIpc) is 2.98. The van der Waals surface area contributed by atoms with E-state index in [0.29, 0.717) is 33.6 Å². The molecule has 0 saturated heterocycles. The fourth-order valence-electron chi connectivity index (χ4n) is 2.30. The van der Waals surface area contributed by atoms with Gasteiger partial charge >= 0.3 is 0 Å². The zero-order valence-electron chi connectivity index (χ0n) is 11.4. The molecule has 0 aliphatic carbocycles. The number of pyridine rings is 1. The van der Waals surface area contributed by atoms with Gasteiger partial charge in [0.1, 0.15) is 11.9 Å². The predicted octanol–water partition coefficient (Wildman–Crippen LogP) is 2.47. The van der Waals surface area contributed by atoms with Gasteiger partial charge in [0.2, 0.25) is 0 Å². The molecule has 1 aromatic carbocycles. The van der Waals surface area contributed by atoms with Crippen LogP contribution in [0.3, 0.4) is 0 Å². The Balaban J connectivity index is 2.05. The van der Waals surface area contributed by atoms with Crippen molar-refractivity contribution < 1.29 is 14.6 Å². The largest absolute Gasteiger partial charge is 0.497 e. The Kier molecular flexibility index (Phi) is 3.41. The molecule has 0 radical (unpaired) electrons. The number of carbonyl (C=O) groups excluding carboxylic acids is 1. The van der Waals surface area contributed by atoms with Gasteiger partial charge in [-0.2, -0.15) is 0 Å². The third-order valence-electron chi connectivity index (χ3n) is 3.41. The summed E-state index contributed by atoms with van der Waals surface area (Å²) in [5.41, 5.74) is 3.08. The van der Waals surface area contributed by atoms with Crippen molar-refractivity contribution in [2.45, 2.75) is 6.10 Å². The van der Waals surface area contributed by atoms with Gasteiger partial charge in [-0.15, -0.1) is 0 Å². The SMILES string of the molecule is COc1cccc(C(O)c2cc3nccc(C=O)c3[nH]2)c1. The van der Waals surface area contributed by atoms with E-state index >= 15 is 0 Å². The summed E-state index contributed by atoms with van der Waals surface area (Å²) in [5.74, 6) is 0.675. The number of carbonyl (C=O) groups is 1. The maximum Gasteiger partial charge on any atom is 0.152 e. The van der Waals surface area contributed by atoms with E-state index in [1.807, 2.05) is 18.2 Å². The monoisotopic (exact) mass is 282 g/mol. The van der Waals surface area contributed by atoms with Crippen LogP contribution in [0.15, 0.2) is 42.6 Å². The molecule has 1 atom stereocenters. The maximum atomic E-state index is 11.0. The first-order valence-electron chi connectivity index (χ1n) is 6.47. The lowest BCUT2D eigenvalue weighted by Crippen LogP contribution is -2.00. The van der Waals surface area contributed by atoms with Crippen molar-refractivity contribution >= 4 is 17.3 Å². The highest BCUT2D eigenvalue weighted by Gasteiger charge is 2.15. The molecule has 0 saturated carbocycles. The van der Waals surface area contributed by atoms with E-state index < -0.39 is 6.10 Å². The molecule has 1 unspecified atom stereocenters. The number of ether oxygens (including phenoxy) is 1. The highest BCUT2D eigenvalue weighted by molar-refractivity contribution is 5.94. The summed E-state index contributed by atoms with van der Waals surface area (Å²) in [5, 5.41) is 10.5. The topological polar surface area (TPSA) is 75.2 Å². The highest BCUT2D eigenvalue weighted by Crippen LogP contribution is 2.27. The molecule has 5 nitrogen and oxygen atoms in total. The molecule has 3 aromatic rings. The van der Waals surface area contributed by atoms with Crippen LogP contribution >= 0.6 is 0 Å². The number of hydrogen-bond acceptors (Lipinski definition) is 4. The summed E-state index contributed by atoms with van der Waals surface area (Å²) < 4.78 is 5.16. The van der Waals surface area contributed by atoms with Gasteiger partial charge in [-0.05, 0) is 29.8 Å². The first-order valence-corrected chi connectivity index (χ1v) is 6.47. The van der Waals surface area contributed by atoms with Crippen molar-refractivity contribution in [3.63, 3.8) is 0 Å². The molecule has 5 heteroatoms. The Morgan fingerprint density at radius 1 is 1.33 bits per heavy atom. The van der Waals surface area contributed by atoms with E-state index in [9.17, 15) is 9.90 Å². The number of methoxy groups -OCH3 is 1. The Morgan fingerprint density at radius 2 is 2.19 bits per heavy atom. The summed E-state index contributed by atoms with van der Waals surface area (Å²) in [4.78, 5) is 18.3. The Labute approximate surface area is 121 Å². The van der Waals surface area contributed by atoms with Gasteiger partial charge in [-0.25, -0.2) is 0 Å². The van der Waals surface area contributed by atoms with Crippen molar-refractivity contribution in [2.75, 3.05) is 7.11 Å². The van der Waals surface area contributed by atoms with Gasteiger partial charge in [-0.3, -0.25) is 9.78 Å². The van der Waals surface area contributed by atoms with Crippen molar-refractivity contribution in [1.29, 1.82) is 0 Å². The average molecular weight is 282 g/mol. The van der Waals surface area contributed by atoms with Gasteiger partial charge < -0.3 is 14.8 Å². The fourth-order valence-corrected chi connectivity index (χ4v) is 2.30. The third kappa shape index (κ3) is 2.39. The maximum absolute atomic E-state index is 11.0. The summed E-state index contributed by atoms with van der Waals surface area (Å²) in [7, 11) is 1.58. The molecule has 2 N–H and O–H groups in total. The van der Waals surface area contributed by atoms with Gasteiger partial charge in [0.25, 0.3) is 0 Å². The lowest BCUT2D eigenvalue weighted by atomic mass is 10.1. The Morgan fingerprint density at radius 3 is 2.95 bits per heavy atom. The molecular weight excluding hydrogens is 268 g/mol. The van der Waals surface area contributed by atoms with E-state index in [0.717, 1.165) is 6.29 Å². The number of aromatic amines is 1. The van der Waals surface area contributed by atoms with Gasteiger partial charge in [0.15, 0.2) is 6.29 Å². The highest BCUT2D eigenvalue weighted by atomic mass is 16.5. The van der Waals surface area contributed by atoms with Crippen LogP contribution in [-0.4, -0.2) is 28.5 Å². The second-order valence-electron chi connectivity index (χ2n) is 4.68. The number of nitrogens with zero attached hydrogens (tertiary/aromatic N) is 1. The quantitative estimate of drug-likeness (QED) is 0.721. The molecule has 21 heavy (non-hydrogen) atoms. The zero-order valence-corrected chi connectivity index (χ0v) is 11.4. The van der Waals surface area contributed by atoms with Crippen LogP contribution in [0.1, 0.15) is 27.7 Å².